The monoisotopic (exact) mass is 741 g/mol. The summed E-state index contributed by atoms with van der Waals surface area (Å²) in [6.45, 7) is 8.48. The Morgan fingerprint density at radius 1 is 1.08 bits per heavy atom. The molecule has 1 fully saturated rings. The Balaban J connectivity index is 2.41. The number of carbonyl (C=O) groups is 1. The Labute approximate surface area is 246 Å². The number of amides is 1. The van der Waals surface area contributed by atoms with Crippen molar-refractivity contribution < 1.29 is 16.3 Å². The van der Waals surface area contributed by atoms with Gasteiger partial charge in [0.05, 0.1) is 33.7 Å². The van der Waals surface area contributed by atoms with Crippen molar-refractivity contribution in [1.29, 1.82) is 0 Å². The van der Waals surface area contributed by atoms with E-state index in [0.717, 1.165) is 65.0 Å². The lowest BCUT2D eigenvalue weighted by atomic mass is 9.95. The number of carbonyl (C=O) groups excluding carboxylic acids is 1. The van der Waals surface area contributed by atoms with E-state index >= 15 is 0 Å². The summed E-state index contributed by atoms with van der Waals surface area (Å²) < 4.78 is 33.5. The van der Waals surface area contributed by atoms with E-state index < -0.39 is 21.2 Å². The van der Waals surface area contributed by atoms with E-state index in [9.17, 15) is 13.2 Å². The summed E-state index contributed by atoms with van der Waals surface area (Å²) in [6.07, 6.45) is 14.9. The maximum Gasteiger partial charge on any atom is 0.280 e. The first-order valence-electron chi connectivity index (χ1n) is 13.1. The zero-order chi connectivity index (χ0) is 26.7. The molecule has 0 atom stereocenters. The molecule has 0 aromatic heterocycles. The Morgan fingerprint density at radius 3 is 2.36 bits per heavy atom. The summed E-state index contributed by atoms with van der Waals surface area (Å²) >= 11 is 3.52. The molecule has 202 valence electrons. The molecule has 0 bridgehead atoms. The van der Waals surface area contributed by atoms with Crippen LogP contribution in [0.4, 0.5) is 0 Å². The van der Waals surface area contributed by atoms with Gasteiger partial charge in [-0.3, -0.25) is 4.79 Å². The second-order valence-corrected chi connectivity index (χ2v) is 14.1. The second-order valence-electron chi connectivity index (χ2n) is 10.0. The van der Waals surface area contributed by atoms with Crippen LogP contribution in [-0.2, 0) is 22.9 Å². The van der Waals surface area contributed by atoms with Crippen LogP contribution in [0.1, 0.15) is 113 Å². The average Bonchev–Trinajstić information content (AvgIpc) is 2.86. The predicted octanol–water partition coefficient (Wildman–Crippen LogP) is 8.84. The minimum absolute atomic E-state index is 0.391. The van der Waals surface area contributed by atoms with Gasteiger partial charge < -0.3 is 3.07 Å². The highest BCUT2D eigenvalue weighted by Crippen LogP contribution is 2.36. The molecule has 0 aliphatic heterocycles. The minimum Gasteiger partial charge on any atom is -0.427 e. The van der Waals surface area contributed by atoms with Crippen LogP contribution in [0.25, 0.3) is 0 Å². The van der Waals surface area contributed by atoms with Crippen molar-refractivity contribution in [2.45, 2.75) is 110 Å². The van der Waals surface area contributed by atoms with Gasteiger partial charge in [-0.15, -0.1) is 0 Å². The number of unbranched alkanes of at least 4 members (excludes halogenated alkanes) is 2. The summed E-state index contributed by atoms with van der Waals surface area (Å²) in [5.41, 5.74) is 4.74. The van der Waals surface area contributed by atoms with Crippen LogP contribution in [0.2, 0.25) is 0 Å². The Kier molecular flexibility index (Phi) is 13.8. The zero-order valence-electron chi connectivity index (χ0n) is 22.1. The molecule has 1 aromatic rings. The third kappa shape index (κ3) is 8.99. The van der Waals surface area contributed by atoms with E-state index in [1.165, 1.54) is 11.1 Å². The van der Waals surface area contributed by atoms with Gasteiger partial charge in [0.15, 0.2) is 23.0 Å². The lowest BCUT2D eigenvalue weighted by molar-refractivity contribution is 0.0935. The molecule has 0 heterocycles. The zero-order valence-corrected chi connectivity index (χ0v) is 27.2. The van der Waals surface area contributed by atoms with Crippen LogP contribution in [-0.4, -0.2) is 22.1 Å². The van der Waals surface area contributed by atoms with E-state index in [0.29, 0.717) is 37.0 Å². The van der Waals surface area contributed by atoms with Crippen LogP contribution in [0, 0.1) is 0 Å². The van der Waals surface area contributed by atoms with Gasteiger partial charge in [0.2, 0.25) is 10.0 Å². The standard InChI is InChI=1S/C28H41I2NO4S/c1-5-6-8-14-23-19-20-24(18-17-22(4)13-11-12-21(2)3)27(35-30)26(23)28(32)31(29)36(33,34)25-15-9-7-10-16-25/h12,17,19-20,25H,5-11,13-16,18H2,1-4H3/b22-17+. The van der Waals surface area contributed by atoms with Gasteiger partial charge in [-0.05, 0) is 76.8 Å². The fourth-order valence-corrected chi connectivity index (χ4v) is 7.82. The third-order valence-electron chi connectivity index (χ3n) is 6.78. The molecule has 5 nitrogen and oxygen atoms in total. The lowest BCUT2D eigenvalue weighted by Crippen LogP contribution is -2.37. The maximum absolute atomic E-state index is 13.8. The van der Waals surface area contributed by atoms with Crippen LogP contribution in [0.5, 0.6) is 5.75 Å². The van der Waals surface area contributed by atoms with E-state index in [4.69, 9.17) is 3.07 Å². The molecule has 0 saturated heterocycles. The van der Waals surface area contributed by atoms with Crippen LogP contribution in [0.15, 0.2) is 35.4 Å². The number of benzene rings is 1. The van der Waals surface area contributed by atoms with Crippen molar-refractivity contribution in [2.75, 3.05) is 0 Å². The van der Waals surface area contributed by atoms with Crippen LogP contribution >= 0.6 is 45.9 Å². The van der Waals surface area contributed by atoms with Crippen molar-refractivity contribution in [1.82, 2.24) is 2.52 Å². The average molecular weight is 742 g/mol. The Morgan fingerprint density at radius 2 is 1.75 bits per heavy atom. The van der Waals surface area contributed by atoms with Crippen molar-refractivity contribution >= 4 is 61.8 Å². The van der Waals surface area contributed by atoms with E-state index in [1.54, 1.807) is 22.9 Å². The summed E-state index contributed by atoms with van der Waals surface area (Å²) in [5, 5.41) is -0.491. The SMILES string of the molecule is CCCCCc1ccc(C/C=C(\C)CCC=C(C)C)c(OI)c1C(=O)N(I)S(=O)(=O)C1CCCCC1. The second kappa shape index (κ2) is 15.7. The first kappa shape index (κ1) is 31.6. The van der Waals surface area contributed by atoms with Gasteiger partial charge in [-0.2, -0.15) is 2.52 Å². The van der Waals surface area contributed by atoms with Crippen molar-refractivity contribution in [3.63, 3.8) is 0 Å². The summed E-state index contributed by atoms with van der Waals surface area (Å²) in [4.78, 5) is 13.8. The fraction of sp³-hybridized carbons (Fsp3) is 0.607. The maximum atomic E-state index is 13.8. The van der Waals surface area contributed by atoms with Gasteiger partial charge in [0.1, 0.15) is 5.75 Å². The molecule has 1 aromatic carbocycles. The topological polar surface area (TPSA) is 63.7 Å². The molecule has 1 amide bonds. The van der Waals surface area contributed by atoms with E-state index in [2.05, 4.69) is 39.8 Å². The highest BCUT2D eigenvalue weighted by atomic mass is 127. The van der Waals surface area contributed by atoms with Gasteiger partial charge in [0.25, 0.3) is 5.91 Å². The molecule has 8 heteroatoms. The normalized spacial score (nSPS) is 15.0. The third-order valence-corrected chi connectivity index (χ3v) is 11.2. The Hall–Kier alpha value is -0.620. The summed E-state index contributed by atoms with van der Waals surface area (Å²) in [5.74, 6) is -0.00564. The number of hydrogen-bond donors (Lipinski definition) is 0. The number of sulfonamides is 1. The first-order chi connectivity index (χ1) is 17.1. The van der Waals surface area contributed by atoms with Gasteiger partial charge in [-0.25, -0.2) is 8.42 Å². The summed E-state index contributed by atoms with van der Waals surface area (Å²) in [7, 11) is -3.74. The molecule has 0 unspecified atom stereocenters. The van der Waals surface area contributed by atoms with Crippen molar-refractivity contribution in [2.24, 2.45) is 0 Å². The van der Waals surface area contributed by atoms with Crippen molar-refractivity contribution in [3.05, 3.63) is 52.1 Å². The highest BCUT2D eigenvalue weighted by Gasteiger charge is 2.37. The fourth-order valence-electron chi connectivity index (χ4n) is 4.60. The van der Waals surface area contributed by atoms with E-state index in [-0.39, 0.29) is 0 Å². The largest absolute Gasteiger partial charge is 0.427 e. The van der Waals surface area contributed by atoms with Crippen molar-refractivity contribution in [3.8, 4) is 5.75 Å². The molecule has 0 spiro atoms. The molecule has 1 aliphatic rings. The predicted molar refractivity (Wildman–Crippen MR) is 166 cm³/mol. The first-order valence-corrected chi connectivity index (χ1v) is 16.4. The molecule has 2 rings (SSSR count). The van der Waals surface area contributed by atoms with E-state index in [1.807, 2.05) is 35.1 Å². The Bertz CT molecular complexity index is 1040. The smallest absolute Gasteiger partial charge is 0.280 e. The number of allylic oxidation sites excluding steroid dienone is 4. The molecule has 36 heavy (non-hydrogen) atoms. The molecule has 0 N–H and O–H groups in total. The molecular formula is C28H41I2NO4S. The molecule has 1 aliphatic carbocycles. The number of halogens is 2. The van der Waals surface area contributed by atoms with Gasteiger partial charge >= 0.3 is 0 Å². The molecular weight excluding hydrogens is 700 g/mol. The number of nitrogens with zero attached hydrogens (tertiary/aromatic N) is 1. The number of rotatable bonds is 13. The summed E-state index contributed by atoms with van der Waals surface area (Å²) in [6, 6.07) is 4.01. The molecule has 0 radical (unpaired) electrons. The minimum atomic E-state index is -3.74. The van der Waals surface area contributed by atoms with Gasteiger partial charge in [0, 0.05) is 0 Å². The number of aryl methyl sites for hydroxylation is 1. The van der Waals surface area contributed by atoms with Crippen LogP contribution in [0.3, 0.4) is 0 Å². The quantitative estimate of drug-likeness (QED) is 0.0878. The lowest BCUT2D eigenvalue weighted by Gasteiger charge is -2.27. The van der Waals surface area contributed by atoms with Crippen LogP contribution < -0.4 is 3.07 Å². The number of hydrogen-bond acceptors (Lipinski definition) is 4. The molecule has 1 saturated carbocycles. The highest BCUT2D eigenvalue weighted by molar-refractivity contribution is 14.1. The van der Waals surface area contributed by atoms with Gasteiger partial charge in [-0.1, -0.05) is 74.5 Å².